The zero-order valence-electron chi connectivity index (χ0n) is 9.67. The number of ether oxygens (including phenoxy) is 2. The van der Waals surface area contributed by atoms with E-state index in [9.17, 15) is 4.79 Å². The minimum Gasteiger partial charge on any atom is -0.452 e. The van der Waals surface area contributed by atoms with E-state index in [0.717, 1.165) is 25.0 Å². The quantitative estimate of drug-likeness (QED) is 0.591. The van der Waals surface area contributed by atoms with Gasteiger partial charge in [-0.25, -0.2) is 4.79 Å². The lowest BCUT2D eigenvalue weighted by Crippen LogP contribution is -2.22. The molecule has 90 valence electrons. The van der Waals surface area contributed by atoms with Crippen LogP contribution in [0.15, 0.2) is 43.0 Å². The average molecular weight is 232 g/mol. The van der Waals surface area contributed by atoms with Crippen LogP contribution in [0.3, 0.4) is 0 Å². The smallest absolute Gasteiger partial charge is 0.330 e. The molecule has 1 saturated heterocycles. The second-order valence-electron chi connectivity index (χ2n) is 4.02. The third-order valence-electron chi connectivity index (χ3n) is 2.84. The Morgan fingerprint density at radius 3 is 2.82 bits per heavy atom. The number of carbonyl (C=O) groups is 1. The van der Waals surface area contributed by atoms with Crippen molar-refractivity contribution in [1.29, 1.82) is 0 Å². The van der Waals surface area contributed by atoms with Gasteiger partial charge in [0.15, 0.2) is 6.10 Å². The minimum absolute atomic E-state index is 0.0405. The largest absolute Gasteiger partial charge is 0.452 e. The maximum absolute atomic E-state index is 11.4. The van der Waals surface area contributed by atoms with Crippen LogP contribution >= 0.6 is 0 Å². The Kier molecular flexibility index (Phi) is 3.94. The van der Waals surface area contributed by atoms with E-state index >= 15 is 0 Å². The normalized spacial score (nSPS) is 20.8. The van der Waals surface area contributed by atoms with E-state index in [0.29, 0.717) is 0 Å². The number of hydrogen-bond donors (Lipinski definition) is 0. The predicted molar refractivity (Wildman–Crippen MR) is 64.4 cm³/mol. The molecule has 1 aromatic rings. The van der Waals surface area contributed by atoms with Crippen molar-refractivity contribution in [2.75, 3.05) is 6.61 Å². The molecule has 2 rings (SSSR count). The second kappa shape index (κ2) is 5.64. The number of esters is 1. The van der Waals surface area contributed by atoms with Gasteiger partial charge in [0, 0.05) is 12.7 Å². The van der Waals surface area contributed by atoms with E-state index in [1.165, 1.54) is 6.08 Å². The summed E-state index contributed by atoms with van der Waals surface area (Å²) in [6.07, 6.45) is 2.75. The maximum atomic E-state index is 11.4. The zero-order chi connectivity index (χ0) is 12.1. The lowest BCUT2D eigenvalue weighted by molar-refractivity contribution is -0.150. The van der Waals surface area contributed by atoms with Crippen LogP contribution < -0.4 is 0 Å². The molecule has 1 fully saturated rings. The fourth-order valence-corrected chi connectivity index (χ4v) is 2.02. The van der Waals surface area contributed by atoms with E-state index in [1.54, 1.807) is 0 Å². The standard InChI is InChI=1S/C14H16O3/c1-2-13(15)17-14(12-9-6-10-16-12)11-7-4-3-5-8-11/h2-5,7-8,12,14H,1,6,9-10H2. The molecule has 2 atom stereocenters. The monoisotopic (exact) mass is 232 g/mol. The molecular weight excluding hydrogens is 216 g/mol. The van der Waals surface area contributed by atoms with Crippen LogP contribution in [-0.2, 0) is 14.3 Å². The highest BCUT2D eigenvalue weighted by atomic mass is 16.6. The Morgan fingerprint density at radius 2 is 2.24 bits per heavy atom. The molecule has 0 bridgehead atoms. The fraction of sp³-hybridized carbons (Fsp3) is 0.357. The second-order valence-corrected chi connectivity index (χ2v) is 4.02. The molecule has 2 unspecified atom stereocenters. The van der Waals surface area contributed by atoms with Gasteiger partial charge in [0.2, 0.25) is 0 Å². The molecular formula is C14H16O3. The summed E-state index contributed by atoms with van der Waals surface area (Å²) in [7, 11) is 0. The molecule has 0 spiro atoms. The molecule has 0 amide bonds. The average Bonchev–Trinajstić information content (AvgIpc) is 2.90. The highest BCUT2D eigenvalue weighted by molar-refractivity contribution is 5.81. The predicted octanol–water partition coefficient (Wildman–Crippen LogP) is 2.64. The van der Waals surface area contributed by atoms with E-state index in [-0.39, 0.29) is 12.2 Å². The van der Waals surface area contributed by atoms with Crippen LogP contribution in [0.2, 0.25) is 0 Å². The van der Waals surface area contributed by atoms with E-state index < -0.39 is 5.97 Å². The van der Waals surface area contributed by atoms with Gasteiger partial charge in [-0.3, -0.25) is 0 Å². The molecule has 3 heteroatoms. The van der Waals surface area contributed by atoms with Crippen molar-refractivity contribution >= 4 is 5.97 Å². The lowest BCUT2D eigenvalue weighted by Gasteiger charge is -2.22. The Balaban J connectivity index is 2.17. The SMILES string of the molecule is C=CC(=O)OC(c1ccccc1)C1CCCO1. The van der Waals surface area contributed by atoms with Gasteiger partial charge in [0.05, 0.1) is 6.10 Å². The summed E-state index contributed by atoms with van der Waals surface area (Å²) in [4.78, 5) is 11.4. The van der Waals surface area contributed by atoms with Gasteiger partial charge >= 0.3 is 5.97 Å². The van der Waals surface area contributed by atoms with Crippen LogP contribution in [0, 0.1) is 0 Å². The van der Waals surface area contributed by atoms with E-state index in [2.05, 4.69) is 6.58 Å². The van der Waals surface area contributed by atoms with Crippen LogP contribution in [-0.4, -0.2) is 18.7 Å². The Bertz CT molecular complexity index is 380. The summed E-state index contributed by atoms with van der Waals surface area (Å²) in [5, 5.41) is 0. The highest BCUT2D eigenvalue weighted by Gasteiger charge is 2.29. The first kappa shape index (κ1) is 11.9. The van der Waals surface area contributed by atoms with Crippen LogP contribution in [0.5, 0.6) is 0 Å². The van der Waals surface area contributed by atoms with Crippen molar-refractivity contribution in [3.63, 3.8) is 0 Å². The van der Waals surface area contributed by atoms with Gasteiger partial charge in [-0.1, -0.05) is 36.9 Å². The van der Waals surface area contributed by atoms with Crippen molar-refractivity contribution in [2.24, 2.45) is 0 Å². The van der Waals surface area contributed by atoms with Crippen LogP contribution in [0.1, 0.15) is 24.5 Å². The third-order valence-corrected chi connectivity index (χ3v) is 2.84. The van der Waals surface area contributed by atoms with Crippen LogP contribution in [0.4, 0.5) is 0 Å². The highest BCUT2D eigenvalue weighted by Crippen LogP contribution is 2.30. The maximum Gasteiger partial charge on any atom is 0.330 e. The molecule has 1 aliphatic heterocycles. The van der Waals surface area contributed by atoms with Gasteiger partial charge in [0.25, 0.3) is 0 Å². The summed E-state index contributed by atoms with van der Waals surface area (Å²) in [5.74, 6) is -0.408. The topological polar surface area (TPSA) is 35.5 Å². The number of rotatable bonds is 4. The number of carbonyl (C=O) groups excluding carboxylic acids is 1. The van der Waals surface area contributed by atoms with Crippen molar-refractivity contribution in [2.45, 2.75) is 25.0 Å². The molecule has 0 aliphatic carbocycles. The number of benzene rings is 1. The first-order chi connectivity index (χ1) is 8.31. The van der Waals surface area contributed by atoms with Crippen molar-refractivity contribution in [1.82, 2.24) is 0 Å². The van der Waals surface area contributed by atoms with Crippen molar-refractivity contribution < 1.29 is 14.3 Å². The molecule has 3 nitrogen and oxygen atoms in total. The molecule has 0 aromatic heterocycles. The third kappa shape index (κ3) is 2.94. The van der Waals surface area contributed by atoms with Gasteiger partial charge in [-0.2, -0.15) is 0 Å². The summed E-state index contributed by atoms with van der Waals surface area (Å²) < 4.78 is 11.0. The summed E-state index contributed by atoms with van der Waals surface area (Å²) >= 11 is 0. The molecule has 17 heavy (non-hydrogen) atoms. The minimum atomic E-state index is -0.408. The van der Waals surface area contributed by atoms with E-state index in [4.69, 9.17) is 9.47 Å². The Morgan fingerprint density at radius 1 is 1.47 bits per heavy atom. The van der Waals surface area contributed by atoms with Gasteiger partial charge in [0.1, 0.15) is 0 Å². The first-order valence-corrected chi connectivity index (χ1v) is 5.81. The lowest BCUT2D eigenvalue weighted by atomic mass is 10.0. The van der Waals surface area contributed by atoms with Gasteiger partial charge in [-0.05, 0) is 18.4 Å². The summed E-state index contributed by atoms with van der Waals surface area (Å²) in [5.41, 5.74) is 0.967. The Labute approximate surface area is 101 Å². The van der Waals surface area contributed by atoms with Crippen molar-refractivity contribution in [3.05, 3.63) is 48.6 Å². The Hall–Kier alpha value is -1.61. The van der Waals surface area contributed by atoms with E-state index in [1.807, 2.05) is 30.3 Å². The molecule has 0 N–H and O–H groups in total. The molecule has 1 heterocycles. The summed E-state index contributed by atoms with van der Waals surface area (Å²) in [6.45, 7) is 4.15. The molecule has 1 aromatic carbocycles. The number of hydrogen-bond acceptors (Lipinski definition) is 3. The molecule has 0 radical (unpaired) electrons. The van der Waals surface area contributed by atoms with Gasteiger partial charge < -0.3 is 9.47 Å². The van der Waals surface area contributed by atoms with Crippen LogP contribution in [0.25, 0.3) is 0 Å². The summed E-state index contributed by atoms with van der Waals surface area (Å²) in [6, 6.07) is 9.69. The first-order valence-electron chi connectivity index (χ1n) is 5.81. The molecule has 1 aliphatic rings. The van der Waals surface area contributed by atoms with Gasteiger partial charge in [-0.15, -0.1) is 0 Å². The van der Waals surface area contributed by atoms with Crippen molar-refractivity contribution in [3.8, 4) is 0 Å². The fourth-order valence-electron chi connectivity index (χ4n) is 2.02. The molecule has 0 saturated carbocycles. The zero-order valence-corrected chi connectivity index (χ0v) is 9.67.